The number of amides is 2. The van der Waals surface area contributed by atoms with E-state index in [-0.39, 0.29) is 18.2 Å². The molecule has 0 aromatic heterocycles. The fourth-order valence-corrected chi connectivity index (χ4v) is 2.43. The van der Waals surface area contributed by atoms with Crippen LogP contribution in [0.5, 0.6) is 0 Å². The van der Waals surface area contributed by atoms with Gasteiger partial charge < -0.3 is 20.1 Å². The van der Waals surface area contributed by atoms with Crippen LogP contribution in [0.1, 0.15) is 26.2 Å². The summed E-state index contributed by atoms with van der Waals surface area (Å²) in [6.07, 6.45) is 2.09. The normalized spacial score (nSPS) is 32.8. The molecule has 2 heterocycles. The van der Waals surface area contributed by atoms with Crippen molar-refractivity contribution in [3.8, 4) is 0 Å². The number of carbonyl (C=O) groups is 2. The molecule has 2 saturated heterocycles. The number of nitrogens with zero attached hydrogens (tertiary/aromatic N) is 1. The van der Waals surface area contributed by atoms with E-state index in [1.54, 1.807) is 0 Å². The van der Waals surface area contributed by atoms with Crippen LogP contribution in [0.3, 0.4) is 0 Å². The Morgan fingerprint density at radius 1 is 1.41 bits per heavy atom. The van der Waals surface area contributed by atoms with Gasteiger partial charge in [-0.2, -0.15) is 0 Å². The van der Waals surface area contributed by atoms with Gasteiger partial charge in [-0.3, -0.25) is 0 Å². The van der Waals surface area contributed by atoms with Gasteiger partial charge in [-0.05, 0) is 26.2 Å². The van der Waals surface area contributed by atoms with Crippen LogP contribution in [0.25, 0.3) is 0 Å². The van der Waals surface area contributed by atoms with E-state index in [0.717, 1.165) is 12.8 Å². The fourth-order valence-electron chi connectivity index (χ4n) is 2.43. The van der Waals surface area contributed by atoms with E-state index in [9.17, 15) is 9.59 Å². The lowest BCUT2D eigenvalue weighted by Crippen LogP contribution is -2.50. The van der Waals surface area contributed by atoms with Gasteiger partial charge in [-0.1, -0.05) is 0 Å². The minimum Gasteiger partial charge on any atom is -0.480 e. The summed E-state index contributed by atoms with van der Waals surface area (Å²) >= 11 is 0. The SMILES string of the molecule is CC1OCCC1NC(=O)N1CCC[C@@H]1C(=O)O. The Hall–Kier alpha value is -1.30. The second kappa shape index (κ2) is 4.91. The molecule has 2 N–H and O–H groups in total. The lowest BCUT2D eigenvalue weighted by Gasteiger charge is -2.25. The van der Waals surface area contributed by atoms with Gasteiger partial charge in [0.1, 0.15) is 6.04 Å². The second-order valence-electron chi connectivity index (χ2n) is 4.61. The predicted molar refractivity (Wildman–Crippen MR) is 59.7 cm³/mol. The molecule has 0 saturated carbocycles. The molecule has 3 atom stereocenters. The summed E-state index contributed by atoms with van der Waals surface area (Å²) in [6, 6.07) is -0.956. The van der Waals surface area contributed by atoms with Crippen molar-refractivity contribution in [2.75, 3.05) is 13.2 Å². The molecule has 2 aliphatic heterocycles. The number of carboxylic acids is 1. The average molecular weight is 242 g/mol. The van der Waals surface area contributed by atoms with Crippen LogP contribution in [-0.2, 0) is 9.53 Å². The topological polar surface area (TPSA) is 78.9 Å². The van der Waals surface area contributed by atoms with Crippen molar-refractivity contribution in [3.05, 3.63) is 0 Å². The molecule has 0 aromatic rings. The maximum absolute atomic E-state index is 12.0. The predicted octanol–water partition coefficient (Wildman–Crippen LogP) is 0.422. The molecule has 96 valence electrons. The molecular formula is C11H18N2O4. The first-order valence-electron chi connectivity index (χ1n) is 6.01. The molecule has 0 spiro atoms. The summed E-state index contributed by atoms with van der Waals surface area (Å²) in [7, 11) is 0. The Balaban J connectivity index is 1.93. The van der Waals surface area contributed by atoms with Crippen molar-refractivity contribution in [1.82, 2.24) is 10.2 Å². The summed E-state index contributed by atoms with van der Waals surface area (Å²) in [4.78, 5) is 24.3. The van der Waals surface area contributed by atoms with Crippen LogP contribution < -0.4 is 5.32 Å². The smallest absolute Gasteiger partial charge is 0.326 e. The molecule has 17 heavy (non-hydrogen) atoms. The van der Waals surface area contributed by atoms with Crippen LogP contribution in [0.2, 0.25) is 0 Å². The van der Waals surface area contributed by atoms with Crippen LogP contribution in [0.4, 0.5) is 4.79 Å². The third kappa shape index (κ3) is 2.52. The average Bonchev–Trinajstić information content (AvgIpc) is 2.87. The molecule has 6 heteroatoms. The van der Waals surface area contributed by atoms with E-state index >= 15 is 0 Å². The Bertz CT molecular complexity index is 321. The van der Waals surface area contributed by atoms with Crippen molar-refractivity contribution in [1.29, 1.82) is 0 Å². The first-order valence-corrected chi connectivity index (χ1v) is 6.01. The monoisotopic (exact) mass is 242 g/mol. The summed E-state index contributed by atoms with van der Waals surface area (Å²) in [5.41, 5.74) is 0. The summed E-state index contributed by atoms with van der Waals surface area (Å²) in [5, 5.41) is 11.9. The zero-order valence-corrected chi connectivity index (χ0v) is 9.89. The molecule has 2 unspecified atom stereocenters. The van der Waals surface area contributed by atoms with Crippen molar-refractivity contribution >= 4 is 12.0 Å². The summed E-state index contributed by atoms with van der Waals surface area (Å²) in [6.45, 7) is 3.08. The van der Waals surface area contributed by atoms with Gasteiger partial charge in [0.05, 0.1) is 12.1 Å². The van der Waals surface area contributed by atoms with Gasteiger partial charge >= 0.3 is 12.0 Å². The Labute approximate surface area is 99.9 Å². The molecule has 0 aromatic carbocycles. The Morgan fingerprint density at radius 2 is 2.18 bits per heavy atom. The number of carbonyl (C=O) groups excluding carboxylic acids is 1. The highest BCUT2D eigenvalue weighted by atomic mass is 16.5. The number of nitrogens with one attached hydrogen (secondary N) is 1. The molecular weight excluding hydrogens is 224 g/mol. The van der Waals surface area contributed by atoms with E-state index < -0.39 is 12.0 Å². The number of hydrogen-bond donors (Lipinski definition) is 2. The van der Waals surface area contributed by atoms with Crippen molar-refractivity contribution in [2.24, 2.45) is 0 Å². The molecule has 2 aliphatic rings. The Morgan fingerprint density at radius 3 is 2.76 bits per heavy atom. The number of likely N-dealkylation sites (tertiary alicyclic amines) is 1. The standard InChI is InChI=1S/C11H18N2O4/c1-7-8(4-6-17-7)12-11(16)13-5-2-3-9(13)10(14)15/h7-9H,2-6H2,1H3,(H,12,16)(H,14,15)/t7?,8?,9-/m1/s1. The van der Waals surface area contributed by atoms with Gasteiger partial charge in [-0.15, -0.1) is 0 Å². The van der Waals surface area contributed by atoms with E-state index in [0.29, 0.717) is 19.6 Å². The minimum atomic E-state index is -0.923. The number of aliphatic carboxylic acids is 1. The van der Waals surface area contributed by atoms with Crippen molar-refractivity contribution in [2.45, 2.75) is 44.4 Å². The van der Waals surface area contributed by atoms with E-state index in [1.807, 2.05) is 6.92 Å². The van der Waals surface area contributed by atoms with Gasteiger partial charge in [0, 0.05) is 13.2 Å². The van der Waals surface area contributed by atoms with Gasteiger partial charge in [0.25, 0.3) is 0 Å². The lowest BCUT2D eigenvalue weighted by atomic mass is 10.1. The highest BCUT2D eigenvalue weighted by Crippen LogP contribution is 2.19. The largest absolute Gasteiger partial charge is 0.480 e. The quantitative estimate of drug-likeness (QED) is 0.735. The molecule has 6 nitrogen and oxygen atoms in total. The molecule has 2 amide bonds. The van der Waals surface area contributed by atoms with Crippen LogP contribution in [0.15, 0.2) is 0 Å². The number of ether oxygens (including phenoxy) is 1. The minimum absolute atomic E-state index is 0.00227. The first kappa shape index (κ1) is 12.2. The number of carboxylic acid groups (broad SMARTS) is 1. The lowest BCUT2D eigenvalue weighted by molar-refractivity contribution is -0.141. The van der Waals surface area contributed by atoms with Crippen LogP contribution >= 0.6 is 0 Å². The van der Waals surface area contributed by atoms with Gasteiger partial charge in [0.15, 0.2) is 0 Å². The summed E-state index contributed by atoms with van der Waals surface area (Å²) in [5.74, 6) is -0.923. The third-order valence-electron chi connectivity index (χ3n) is 3.48. The van der Waals surface area contributed by atoms with E-state index in [2.05, 4.69) is 5.32 Å². The first-order chi connectivity index (χ1) is 8.09. The molecule has 0 aliphatic carbocycles. The molecule has 2 fully saturated rings. The zero-order valence-electron chi connectivity index (χ0n) is 9.89. The molecule has 0 radical (unpaired) electrons. The van der Waals surface area contributed by atoms with Gasteiger partial charge in [-0.25, -0.2) is 9.59 Å². The number of hydrogen-bond acceptors (Lipinski definition) is 3. The third-order valence-corrected chi connectivity index (χ3v) is 3.48. The molecule has 2 rings (SSSR count). The molecule has 0 bridgehead atoms. The fraction of sp³-hybridized carbons (Fsp3) is 0.818. The van der Waals surface area contributed by atoms with Crippen molar-refractivity contribution in [3.63, 3.8) is 0 Å². The number of urea groups is 1. The van der Waals surface area contributed by atoms with Crippen LogP contribution in [0, 0.1) is 0 Å². The number of rotatable bonds is 2. The van der Waals surface area contributed by atoms with E-state index in [4.69, 9.17) is 9.84 Å². The van der Waals surface area contributed by atoms with Crippen LogP contribution in [-0.4, -0.2) is 53.3 Å². The van der Waals surface area contributed by atoms with Gasteiger partial charge in [0.2, 0.25) is 0 Å². The summed E-state index contributed by atoms with van der Waals surface area (Å²) < 4.78 is 5.35. The second-order valence-corrected chi connectivity index (χ2v) is 4.61. The highest BCUT2D eigenvalue weighted by molar-refractivity contribution is 5.83. The Kier molecular flexibility index (Phi) is 3.51. The zero-order chi connectivity index (χ0) is 12.4. The van der Waals surface area contributed by atoms with Crippen molar-refractivity contribution < 1.29 is 19.4 Å². The maximum atomic E-state index is 12.0. The maximum Gasteiger partial charge on any atom is 0.326 e. The van der Waals surface area contributed by atoms with E-state index in [1.165, 1.54) is 4.90 Å². The highest BCUT2D eigenvalue weighted by Gasteiger charge is 2.36.